The zero-order chi connectivity index (χ0) is 20.2. The summed E-state index contributed by atoms with van der Waals surface area (Å²) in [6.45, 7) is 11.2. The second kappa shape index (κ2) is 19.2. The van der Waals surface area contributed by atoms with Crippen molar-refractivity contribution in [2.45, 2.75) is 130 Å². The van der Waals surface area contributed by atoms with Crippen LogP contribution in [0.1, 0.15) is 124 Å². The van der Waals surface area contributed by atoms with E-state index in [4.69, 9.17) is 9.47 Å². The molecular weight excluding hydrogens is 336 g/mol. The smallest absolute Gasteiger partial charge is 0.155 e. The highest BCUT2D eigenvalue weighted by Crippen LogP contribution is 2.31. The predicted octanol–water partition coefficient (Wildman–Crippen LogP) is 7.26. The van der Waals surface area contributed by atoms with Crippen molar-refractivity contribution in [3.63, 3.8) is 0 Å². The summed E-state index contributed by atoms with van der Waals surface area (Å²) in [7, 11) is 0. The fraction of sp³-hybridized carbons (Fsp3) is 1.00. The molecule has 164 valence electrons. The van der Waals surface area contributed by atoms with Crippen LogP contribution in [-0.4, -0.2) is 31.2 Å². The van der Waals surface area contributed by atoms with Crippen LogP contribution in [-0.2, 0) is 9.47 Å². The van der Waals surface area contributed by atoms with E-state index >= 15 is 0 Å². The highest BCUT2D eigenvalue weighted by molar-refractivity contribution is 4.75. The molecule has 0 aliphatic rings. The molecule has 0 rings (SSSR count). The fourth-order valence-corrected chi connectivity index (χ4v) is 3.55. The molecule has 0 bridgehead atoms. The molecule has 0 aromatic rings. The molecule has 1 N–H and O–H groups in total. The number of aliphatic hydroxyl groups excluding tert-OH is 1. The van der Waals surface area contributed by atoms with Crippen molar-refractivity contribution in [3.05, 3.63) is 0 Å². The van der Waals surface area contributed by atoms with Gasteiger partial charge in [0.15, 0.2) is 6.29 Å². The van der Waals surface area contributed by atoms with Gasteiger partial charge in [0.2, 0.25) is 0 Å². The molecule has 0 saturated carbocycles. The lowest BCUT2D eigenvalue weighted by Crippen LogP contribution is -2.30. The van der Waals surface area contributed by atoms with Gasteiger partial charge in [0.05, 0.1) is 6.61 Å². The highest BCUT2D eigenvalue weighted by Gasteiger charge is 2.27. The first-order chi connectivity index (χ1) is 13.1. The van der Waals surface area contributed by atoms with Crippen LogP contribution < -0.4 is 0 Å². The Bertz CT molecular complexity index is 295. The van der Waals surface area contributed by atoms with Crippen molar-refractivity contribution in [3.8, 4) is 0 Å². The zero-order valence-electron chi connectivity index (χ0n) is 19.1. The Labute approximate surface area is 170 Å². The Kier molecular flexibility index (Phi) is 19.1. The fourth-order valence-electron chi connectivity index (χ4n) is 3.55. The minimum absolute atomic E-state index is 0.0142. The Balaban J connectivity index is 3.96. The van der Waals surface area contributed by atoms with Crippen molar-refractivity contribution in [2.24, 2.45) is 5.41 Å². The average molecular weight is 387 g/mol. The van der Waals surface area contributed by atoms with E-state index < -0.39 is 6.29 Å². The molecule has 0 amide bonds. The number of rotatable bonds is 21. The van der Waals surface area contributed by atoms with Gasteiger partial charge >= 0.3 is 0 Å². The van der Waals surface area contributed by atoms with Crippen LogP contribution in [0.5, 0.6) is 0 Å². The standard InChI is InChI=1S/C24H50O3/c1-5-8-11-13-14-15-17-20-27-23(25)21-24(4,18-10-7-3)22-26-19-16-12-9-6-2/h23,25H,5-22H2,1-4H3. The van der Waals surface area contributed by atoms with E-state index in [1.807, 2.05) is 0 Å². The van der Waals surface area contributed by atoms with E-state index in [9.17, 15) is 5.11 Å². The highest BCUT2D eigenvalue weighted by atomic mass is 16.6. The molecule has 0 aromatic carbocycles. The molecule has 2 atom stereocenters. The molecule has 3 heteroatoms. The van der Waals surface area contributed by atoms with Crippen LogP contribution in [0.2, 0.25) is 0 Å². The third kappa shape index (κ3) is 17.7. The molecule has 27 heavy (non-hydrogen) atoms. The normalized spacial score (nSPS) is 15.0. The van der Waals surface area contributed by atoms with Crippen LogP contribution >= 0.6 is 0 Å². The maximum absolute atomic E-state index is 10.4. The molecule has 0 fully saturated rings. The van der Waals surface area contributed by atoms with Gasteiger partial charge in [-0.2, -0.15) is 0 Å². The van der Waals surface area contributed by atoms with Gasteiger partial charge < -0.3 is 14.6 Å². The Morgan fingerprint density at radius 3 is 1.85 bits per heavy atom. The average Bonchev–Trinajstić information content (AvgIpc) is 2.65. The topological polar surface area (TPSA) is 38.7 Å². The van der Waals surface area contributed by atoms with Crippen LogP contribution in [0.25, 0.3) is 0 Å². The number of hydrogen-bond donors (Lipinski definition) is 1. The molecule has 0 aliphatic heterocycles. The first kappa shape index (κ1) is 26.9. The lowest BCUT2D eigenvalue weighted by molar-refractivity contribution is -0.131. The second-order valence-electron chi connectivity index (χ2n) is 8.68. The zero-order valence-corrected chi connectivity index (χ0v) is 19.1. The van der Waals surface area contributed by atoms with Gasteiger partial charge in [-0.1, -0.05) is 98.3 Å². The summed E-state index contributed by atoms with van der Waals surface area (Å²) in [4.78, 5) is 0. The largest absolute Gasteiger partial charge is 0.381 e. The first-order valence-electron chi connectivity index (χ1n) is 12.0. The molecule has 2 unspecified atom stereocenters. The van der Waals surface area contributed by atoms with E-state index in [0.717, 1.165) is 32.5 Å². The first-order valence-corrected chi connectivity index (χ1v) is 12.0. The predicted molar refractivity (Wildman–Crippen MR) is 117 cm³/mol. The molecule has 0 spiro atoms. The van der Waals surface area contributed by atoms with Gasteiger partial charge in [0.25, 0.3) is 0 Å². The minimum atomic E-state index is -0.657. The maximum Gasteiger partial charge on any atom is 0.155 e. The molecular formula is C24H50O3. The molecule has 0 aromatic heterocycles. The number of aliphatic hydroxyl groups is 1. The monoisotopic (exact) mass is 386 g/mol. The summed E-state index contributed by atoms with van der Waals surface area (Å²) in [6, 6.07) is 0. The quantitative estimate of drug-likeness (QED) is 0.167. The Hall–Kier alpha value is -0.120. The van der Waals surface area contributed by atoms with E-state index in [1.54, 1.807) is 0 Å². The lowest BCUT2D eigenvalue weighted by Gasteiger charge is -2.31. The molecule has 0 aliphatic carbocycles. The van der Waals surface area contributed by atoms with Gasteiger partial charge in [0, 0.05) is 19.6 Å². The maximum atomic E-state index is 10.4. The van der Waals surface area contributed by atoms with Crippen molar-refractivity contribution in [1.29, 1.82) is 0 Å². The van der Waals surface area contributed by atoms with Crippen LogP contribution in [0.15, 0.2) is 0 Å². The summed E-state index contributed by atoms with van der Waals surface area (Å²) >= 11 is 0. The van der Waals surface area contributed by atoms with E-state index in [2.05, 4.69) is 27.7 Å². The molecule has 0 saturated heterocycles. The molecule has 0 radical (unpaired) electrons. The van der Waals surface area contributed by atoms with Crippen molar-refractivity contribution < 1.29 is 14.6 Å². The van der Waals surface area contributed by atoms with E-state index in [1.165, 1.54) is 70.6 Å². The number of unbranched alkanes of at least 4 members (excludes halogenated alkanes) is 10. The second-order valence-corrected chi connectivity index (χ2v) is 8.68. The van der Waals surface area contributed by atoms with Crippen molar-refractivity contribution in [2.75, 3.05) is 19.8 Å². The summed E-state index contributed by atoms with van der Waals surface area (Å²) in [5, 5.41) is 10.4. The summed E-state index contributed by atoms with van der Waals surface area (Å²) in [6.07, 6.45) is 17.3. The summed E-state index contributed by atoms with van der Waals surface area (Å²) < 4.78 is 11.7. The van der Waals surface area contributed by atoms with E-state index in [-0.39, 0.29) is 5.41 Å². The van der Waals surface area contributed by atoms with Gasteiger partial charge in [-0.15, -0.1) is 0 Å². The SMILES string of the molecule is CCCCCCCCCOC(O)CC(C)(CCCC)COCCCCCC. The van der Waals surface area contributed by atoms with Crippen LogP contribution in [0.3, 0.4) is 0 Å². The summed E-state index contributed by atoms with van der Waals surface area (Å²) in [5.74, 6) is 0. The Morgan fingerprint density at radius 1 is 0.704 bits per heavy atom. The van der Waals surface area contributed by atoms with Gasteiger partial charge in [-0.25, -0.2) is 0 Å². The van der Waals surface area contributed by atoms with E-state index in [0.29, 0.717) is 13.0 Å². The van der Waals surface area contributed by atoms with Crippen molar-refractivity contribution in [1.82, 2.24) is 0 Å². The van der Waals surface area contributed by atoms with Gasteiger partial charge in [-0.05, 0) is 24.7 Å². The van der Waals surface area contributed by atoms with Crippen LogP contribution in [0.4, 0.5) is 0 Å². The minimum Gasteiger partial charge on any atom is -0.381 e. The van der Waals surface area contributed by atoms with Gasteiger partial charge in [-0.3, -0.25) is 0 Å². The third-order valence-electron chi connectivity index (χ3n) is 5.45. The number of ether oxygens (including phenoxy) is 2. The lowest BCUT2D eigenvalue weighted by atomic mass is 9.82. The molecule has 3 nitrogen and oxygen atoms in total. The van der Waals surface area contributed by atoms with Gasteiger partial charge in [0.1, 0.15) is 0 Å². The number of hydrogen-bond acceptors (Lipinski definition) is 3. The Morgan fingerprint density at radius 2 is 1.22 bits per heavy atom. The third-order valence-corrected chi connectivity index (χ3v) is 5.45. The molecule has 0 heterocycles. The summed E-state index contributed by atoms with van der Waals surface area (Å²) in [5.41, 5.74) is 0.0142. The van der Waals surface area contributed by atoms with Crippen molar-refractivity contribution >= 4 is 0 Å². The van der Waals surface area contributed by atoms with Crippen LogP contribution in [0, 0.1) is 5.41 Å².